The first-order chi connectivity index (χ1) is 12.6. The van der Waals surface area contributed by atoms with Crippen molar-refractivity contribution >= 4 is 21.7 Å². The van der Waals surface area contributed by atoms with E-state index in [2.05, 4.69) is 6.58 Å². The fraction of sp³-hybridized carbons (Fsp3) is 0.500. The van der Waals surface area contributed by atoms with Gasteiger partial charge in [-0.3, -0.25) is 14.9 Å². The van der Waals surface area contributed by atoms with E-state index in [0.29, 0.717) is 0 Å². The van der Waals surface area contributed by atoms with Crippen molar-refractivity contribution in [2.24, 2.45) is 5.92 Å². The van der Waals surface area contributed by atoms with Crippen molar-refractivity contribution in [2.45, 2.75) is 44.1 Å². The Morgan fingerprint density at radius 2 is 1.93 bits per heavy atom. The van der Waals surface area contributed by atoms with E-state index in [1.807, 2.05) is 13.0 Å². The number of benzene rings is 1. The Kier molecular flexibility index (Phi) is 8.58. The molecule has 0 radical (unpaired) electrons. The molecule has 1 aromatic carbocycles. The zero-order valence-electron chi connectivity index (χ0n) is 15.8. The van der Waals surface area contributed by atoms with Crippen LogP contribution in [0, 0.1) is 16.0 Å². The molecule has 0 aromatic heterocycles. The third-order valence-electron chi connectivity index (χ3n) is 4.29. The Morgan fingerprint density at radius 3 is 2.44 bits per heavy atom. The highest BCUT2D eigenvalue weighted by atomic mass is 32.2. The summed E-state index contributed by atoms with van der Waals surface area (Å²) in [6.45, 7) is 6.97. The lowest BCUT2D eigenvalue weighted by Gasteiger charge is -2.22. The maximum Gasteiger partial charge on any atom is 0.321 e. The fourth-order valence-electron chi connectivity index (χ4n) is 2.37. The van der Waals surface area contributed by atoms with Crippen molar-refractivity contribution in [3.05, 3.63) is 47.0 Å². The van der Waals surface area contributed by atoms with Gasteiger partial charge in [0.15, 0.2) is 0 Å². The van der Waals surface area contributed by atoms with Gasteiger partial charge in [0, 0.05) is 19.2 Å². The highest BCUT2D eigenvalue weighted by molar-refractivity contribution is 7.89. The molecule has 1 aromatic rings. The fourth-order valence-corrected chi connectivity index (χ4v) is 3.48. The third-order valence-corrected chi connectivity index (χ3v) is 6.11. The Morgan fingerprint density at radius 1 is 1.33 bits per heavy atom. The average Bonchev–Trinajstić information content (AvgIpc) is 2.61. The predicted octanol–water partition coefficient (Wildman–Crippen LogP) is 3.14. The molecule has 9 heteroatoms. The van der Waals surface area contributed by atoms with Crippen molar-refractivity contribution in [3.8, 4) is 0 Å². The Hall–Kier alpha value is -2.26. The van der Waals surface area contributed by atoms with Crippen molar-refractivity contribution in [1.29, 1.82) is 0 Å². The van der Waals surface area contributed by atoms with Crippen LogP contribution in [0.3, 0.4) is 0 Å². The topological polar surface area (TPSA) is 107 Å². The Bertz CT molecular complexity index is 761. The lowest BCUT2D eigenvalue weighted by molar-refractivity contribution is -0.384. The summed E-state index contributed by atoms with van der Waals surface area (Å²) >= 11 is 0. The van der Waals surface area contributed by atoms with Gasteiger partial charge >= 0.3 is 5.97 Å². The number of allylic oxidation sites excluding steroid dienone is 1. The number of unbranched alkanes of at least 4 members (excludes halogenated alkanes) is 1. The van der Waals surface area contributed by atoms with Gasteiger partial charge in [-0.1, -0.05) is 13.0 Å². The summed E-state index contributed by atoms with van der Waals surface area (Å²) in [6.07, 6.45) is 4.21. The zero-order chi connectivity index (χ0) is 20.6. The highest BCUT2D eigenvalue weighted by Gasteiger charge is 2.25. The minimum Gasteiger partial charge on any atom is -0.461 e. The molecule has 0 unspecified atom stereocenters. The quantitative estimate of drug-likeness (QED) is 0.186. The van der Waals surface area contributed by atoms with Crippen molar-refractivity contribution < 1.29 is 22.9 Å². The van der Waals surface area contributed by atoms with E-state index < -0.39 is 27.5 Å². The Balaban J connectivity index is 2.67. The molecule has 0 heterocycles. The SMILES string of the molecule is C=CCCC[C@@H](C)[C@H](C)OC(=O)CN(C)S(=O)(=O)c1ccc([N+](=O)[O-])cc1. The normalized spacial score (nSPS) is 13.8. The van der Waals surface area contributed by atoms with Gasteiger partial charge in [0.25, 0.3) is 5.69 Å². The average molecular weight is 398 g/mol. The van der Waals surface area contributed by atoms with Crippen molar-refractivity contribution in [3.63, 3.8) is 0 Å². The summed E-state index contributed by atoms with van der Waals surface area (Å²) in [5, 5.41) is 10.7. The second-order valence-electron chi connectivity index (χ2n) is 6.40. The summed E-state index contributed by atoms with van der Waals surface area (Å²) in [5.41, 5.74) is -0.213. The summed E-state index contributed by atoms with van der Waals surface area (Å²) in [5.74, 6) is -0.503. The molecule has 0 saturated heterocycles. The van der Waals surface area contributed by atoms with E-state index in [0.717, 1.165) is 47.8 Å². The second kappa shape index (κ2) is 10.2. The number of ether oxygens (including phenoxy) is 1. The van der Waals surface area contributed by atoms with Gasteiger partial charge in [-0.25, -0.2) is 8.42 Å². The molecule has 2 atom stereocenters. The summed E-state index contributed by atoms with van der Waals surface area (Å²) in [7, 11) is -2.69. The van der Waals surface area contributed by atoms with Crippen LogP contribution in [0.5, 0.6) is 0 Å². The maximum atomic E-state index is 12.5. The molecule has 1 rings (SSSR count). The van der Waals surface area contributed by atoms with Crippen LogP contribution in [0.1, 0.15) is 33.1 Å². The van der Waals surface area contributed by atoms with Gasteiger partial charge in [-0.05, 0) is 44.2 Å². The van der Waals surface area contributed by atoms with Crippen LogP contribution in [-0.2, 0) is 19.6 Å². The molecule has 0 amide bonds. The zero-order valence-corrected chi connectivity index (χ0v) is 16.6. The van der Waals surface area contributed by atoms with Gasteiger partial charge in [-0.15, -0.1) is 6.58 Å². The molecule has 0 aliphatic heterocycles. The van der Waals surface area contributed by atoms with E-state index in [1.54, 1.807) is 6.92 Å². The van der Waals surface area contributed by atoms with Crippen LogP contribution in [0.25, 0.3) is 0 Å². The Labute approximate surface area is 160 Å². The number of hydrogen-bond acceptors (Lipinski definition) is 6. The van der Waals surface area contributed by atoms with Crippen LogP contribution < -0.4 is 0 Å². The standard InChI is InChI=1S/C18H26N2O6S/c1-5-6-7-8-14(2)15(3)26-18(21)13-19(4)27(24,25)17-11-9-16(10-12-17)20(22)23/h5,9-12,14-15H,1,6-8,13H2,2-4H3/t14-,15+/m1/s1. The van der Waals surface area contributed by atoms with E-state index in [-0.39, 0.29) is 22.6 Å². The number of rotatable bonds is 11. The second-order valence-corrected chi connectivity index (χ2v) is 8.45. The maximum absolute atomic E-state index is 12.5. The van der Waals surface area contributed by atoms with Gasteiger partial charge < -0.3 is 4.74 Å². The highest BCUT2D eigenvalue weighted by Crippen LogP contribution is 2.19. The monoisotopic (exact) mass is 398 g/mol. The van der Waals surface area contributed by atoms with Gasteiger partial charge in [0.1, 0.15) is 12.6 Å². The molecule has 0 aliphatic rings. The first-order valence-electron chi connectivity index (χ1n) is 8.60. The molecule has 27 heavy (non-hydrogen) atoms. The first-order valence-corrected chi connectivity index (χ1v) is 10.0. The number of esters is 1. The lowest BCUT2D eigenvalue weighted by Crippen LogP contribution is -2.35. The van der Waals surface area contributed by atoms with E-state index in [4.69, 9.17) is 4.74 Å². The number of nitro benzene ring substituents is 1. The number of likely N-dealkylation sites (N-methyl/N-ethyl adjacent to an activating group) is 1. The van der Waals surface area contributed by atoms with Crippen molar-refractivity contribution in [1.82, 2.24) is 4.31 Å². The number of carbonyl (C=O) groups excluding carboxylic acids is 1. The summed E-state index contributed by atoms with van der Waals surface area (Å²) in [4.78, 5) is 22.0. The smallest absolute Gasteiger partial charge is 0.321 e. The van der Waals surface area contributed by atoms with Crippen LogP contribution in [0.2, 0.25) is 0 Å². The van der Waals surface area contributed by atoms with Crippen LogP contribution in [-0.4, -0.2) is 43.3 Å². The number of sulfonamides is 1. The van der Waals surface area contributed by atoms with E-state index in [9.17, 15) is 23.3 Å². The third kappa shape index (κ3) is 6.76. The van der Waals surface area contributed by atoms with Gasteiger partial charge in [0.05, 0.1) is 9.82 Å². The molecule has 0 saturated carbocycles. The van der Waals surface area contributed by atoms with Crippen molar-refractivity contribution in [2.75, 3.05) is 13.6 Å². The number of nitrogens with zero attached hydrogens (tertiary/aromatic N) is 2. The predicted molar refractivity (Wildman–Crippen MR) is 102 cm³/mol. The minimum absolute atomic E-state index is 0.130. The molecule has 150 valence electrons. The molecule has 0 N–H and O–H groups in total. The van der Waals surface area contributed by atoms with Gasteiger partial charge in [-0.2, -0.15) is 4.31 Å². The molecule has 0 spiro atoms. The lowest BCUT2D eigenvalue weighted by atomic mass is 9.99. The molecule has 0 fully saturated rings. The molecular weight excluding hydrogens is 372 g/mol. The van der Waals surface area contributed by atoms with Crippen LogP contribution in [0.15, 0.2) is 41.8 Å². The summed E-state index contributed by atoms with van der Waals surface area (Å²) in [6, 6.07) is 4.48. The number of hydrogen-bond donors (Lipinski definition) is 0. The molecule has 0 aliphatic carbocycles. The van der Waals surface area contributed by atoms with E-state index >= 15 is 0 Å². The van der Waals surface area contributed by atoms with Crippen LogP contribution in [0.4, 0.5) is 5.69 Å². The minimum atomic E-state index is -3.95. The van der Waals surface area contributed by atoms with Gasteiger partial charge in [0.2, 0.25) is 10.0 Å². The summed E-state index contributed by atoms with van der Waals surface area (Å²) < 4.78 is 31.2. The number of nitro groups is 1. The van der Waals surface area contributed by atoms with Crippen LogP contribution >= 0.6 is 0 Å². The van der Waals surface area contributed by atoms with E-state index in [1.165, 1.54) is 7.05 Å². The molecular formula is C18H26N2O6S. The largest absolute Gasteiger partial charge is 0.461 e. The molecule has 8 nitrogen and oxygen atoms in total. The molecule has 0 bridgehead atoms. The number of non-ortho nitro benzene ring substituents is 1. The number of carbonyl (C=O) groups is 1. The first kappa shape index (κ1) is 22.8.